The Balaban J connectivity index is 2.94. The number of nitrogens with zero attached hydrogens (tertiary/aromatic N) is 1. The van der Waals surface area contributed by atoms with E-state index in [1.807, 2.05) is 40.0 Å². The fourth-order valence-electron chi connectivity index (χ4n) is 1.71. The van der Waals surface area contributed by atoms with E-state index in [9.17, 15) is 13.2 Å². The van der Waals surface area contributed by atoms with E-state index in [1.165, 1.54) is 25.2 Å². The number of sulfone groups is 1. The summed E-state index contributed by atoms with van der Waals surface area (Å²) in [5.74, 6) is -0.578. The monoisotopic (exact) mass is 346 g/mol. The Kier molecular flexibility index (Phi) is 5.45. The summed E-state index contributed by atoms with van der Waals surface area (Å²) in [6, 6.07) is 0. The highest BCUT2D eigenvalue weighted by molar-refractivity contribution is 7.93. The molecule has 22 heavy (non-hydrogen) atoms. The summed E-state index contributed by atoms with van der Waals surface area (Å²) in [7, 11) is -3.54. The summed E-state index contributed by atoms with van der Waals surface area (Å²) in [6.07, 6.45) is 0. The van der Waals surface area contributed by atoms with E-state index >= 15 is 0 Å². The van der Waals surface area contributed by atoms with Crippen LogP contribution in [0, 0.1) is 5.92 Å². The predicted octanol–water partition coefficient (Wildman–Crippen LogP) is 3.23. The number of rotatable bonds is 5. The van der Waals surface area contributed by atoms with Crippen LogP contribution in [0.15, 0.2) is 5.38 Å². The Morgan fingerprint density at radius 1 is 1.27 bits per heavy atom. The molecule has 1 N–H and O–H groups in total. The van der Waals surface area contributed by atoms with Crippen molar-refractivity contribution in [2.45, 2.75) is 58.6 Å². The van der Waals surface area contributed by atoms with Gasteiger partial charge in [-0.15, -0.1) is 11.3 Å². The number of hydrogen-bond acceptors (Lipinski definition) is 5. The average Bonchev–Trinajstić information content (AvgIpc) is 2.74. The Morgan fingerprint density at radius 2 is 1.82 bits per heavy atom. The molecule has 1 heterocycles. The summed E-state index contributed by atoms with van der Waals surface area (Å²) in [5.41, 5.74) is 0.759. The molecule has 7 heteroatoms. The summed E-state index contributed by atoms with van der Waals surface area (Å²) in [5, 5.41) is 4.96. The normalized spacial score (nSPS) is 13.5. The van der Waals surface area contributed by atoms with Crippen LogP contribution in [0.3, 0.4) is 0 Å². The fourth-order valence-corrected chi connectivity index (χ4v) is 4.27. The van der Waals surface area contributed by atoms with Gasteiger partial charge in [0, 0.05) is 10.8 Å². The van der Waals surface area contributed by atoms with Gasteiger partial charge in [-0.3, -0.25) is 4.79 Å². The van der Waals surface area contributed by atoms with E-state index in [1.54, 1.807) is 0 Å². The molecule has 1 amide bonds. The molecule has 0 saturated carbocycles. The molecule has 126 valence electrons. The van der Waals surface area contributed by atoms with E-state index in [0.717, 1.165) is 5.69 Å². The van der Waals surface area contributed by atoms with Crippen LogP contribution in [-0.2, 0) is 20.0 Å². The van der Waals surface area contributed by atoms with Crippen LogP contribution in [0.1, 0.15) is 54.2 Å². The van der Waals surface area contributed by atoms with Crippen molar-refractivity contribution < 1.29 is 13.2 Å². The van der Waals surface area contributed by atoms with Gasteiger partial charge in [-0.05, 0) is 19.8 Å². The summed E-state index contributed by atoms with van der Waals surface area (Å²) in [4.78, 5) is 16.8. The maximum absolute atomic E-state index is 12.4. The Bertz CT molecular complexity index is 638. The van der Waals surface area contributed by atoms with E-state index in [-0.39, 0.29) is 17.1 Å². The van der Waals surface area contributed by atoms with Crippen molar-refractivity contribution in [1.29, 1.82) is 0 Å². The van der Waals surface area contributed by atoms with Crippen LogP contribution in [0.4, 0.5) is 5.13 Å². The molecule has 0 radical (unpaired) electrons. The van der Waals surface area contributed by atoms with E-state index in [2.05, 4.69) is 10.3 Å². The average molecular weight is 347 g/mol. The standard InChI is InChI=1S/C15H26N2O3S2/c1-10(2)9-22(19,20)15(6,7)12(18)17-13-16-11(8-21-13)14(3,4)5/h8,10H,9H2,1-7H3,(H,16,17,18). The largest absolute Gasteiger partial charge is 0.301 e. The minimum Gasteiger partial charge on any atom is -0.301 e. The third kappa shape index (κ3) is 4.29. The molecule has 1 rings (SSSR count). The minimum absolute atomic E-state index is 0.0153. The van der Waals surface area contributed by atoms with Crippen LogP contribution >= 0.6 is 11.3 Å². The molecule has 1 aromatic rings. The fraction of sp³-hybridized carbons (Fsp3) is 0.733. The molecule has 5 nitrogen and oxygen atoms in total. The summed E-state index contributed by atoms with van der Waals surface area (Å²) >= 11 is 1.31. The second-order valence-corrected chi connectivity index (χ2v) is 10.9. The van der Waals surface area contributed by atoms with Crippen molar-refractivity contribution in [1.82, 2.24) is 4.98 Å². The molecule has 0 saturated heterocycles. The molecular formula is C15H26N2O3S2. The minimum atomic E-state index is -3.54. The maximum Gasteiger partial charge on any atom is 0.247 e. The van der Waals surface area contributed by atoms with Crippen molar-refractivity contribution in [3.63, 3.8) is 0 Å². The molecule has 0 atom stereocenters. The maximum atomic E-state index is 12.4. The zero-order chi connectivity index (χ0) is 17.3. The molecule has 0 aliphatic carbocycles. The molecule has 0 aromatic carbocycles. The Hall–Kier alpha value is -0.950. The van der Waals surface area contributed by atoms with Gasteiger partial charge < -0.3 is 5.32 Å². The topological polar surface area (TPSA) is 76.1 Å². The first-order valence-electron chi connectivity index (χ1n) is 7.27. The Labute approximate surface area is 137 Å². The van der Waals surface area contributed by atoms with Gasteiger partial charge in [0.05, 0.1) is 11.4 Å². The van der Waals surface area contributed by atoms with E-state index < -0.39 is 20.5 Å². The molecule has 0 aliphatic heterocycles. The number of amides is 1. The van der Waals surface area contributed by atoms with Crippen LogP contribution in [0.5, 0.6) is 0 Å². The van der Waals surface area contributed by atoms with Gasteiger partial charge in [-0.25, -0.2) is 13.4 Å². The second-order valence-electron chi connectivity index (χ2n) is 7.43. The number of thiazole rings is 1. The highest BCUT2D eigenvalue weighted by atomic mass is 32.2. The van der Waals surface area contributed by atoms with Crippen LogP contribution < -0.4 is 5.32 Å². The quantitative estimate of drug-likeness (QED) is 0.888. The number of hydrogen-bond donors (Lipinski definition) is 1. The lowest BCUT2D eigenvalue weighted by Gasteiger charge is -2.24. The van der Waals surface area contributed by atoms with Gasteiger partial charge in [0.25, 0.3) is 0 Å². The van der Waals surface area contributed by atoms with Gasteiger partial charge in [0.1, 0.15) is 4.75 Å². The van der Waals surface area contributed by atoms with Gasteiger partial charge in [0.15, 0.2) is 15.0 Å². The molecular weight excluding hydrogens is 320 g/mol. The van der Waals surface area contributed by atoms with Crippen molar-refractivity contribution in [2.75, 3.05) is 11.1 Å². The smallest absolute Gasteiger partial charge is 0.247 e. The van der Waals surface area contributed by atoms with Crippen molar-refractivity contribution in [3.8, 4) is 0 Å². The van der Waals surface area contributed by atoms with Gasteiger partial charge in [0.2, 0.25) is 5.91 Å². The highest BCUT2D eigenvalue weighted by Gasteiger charge is 2.42. The second kappa shape index (κ2) is 6.28. The van der Waals surface area contributed by atoms with Crippen LogP contribution in [-0.4, -0.2) is 29.8 Å². The lowest BCUT2D eigenvalue weighted by atomic mass is 9.93. The third-order valence-electron chi connectivity index (χ3n) is 3.37. The lowest BCUT2D eigenvalue weighted by Crippen LogP contribution is -2.46. The summed E-state index contributed by atoms with van der Waals surface area (Å²) in [6.45, 7) is 12.6. The molecule has 0 fully saturated rings. The van der Waals surface area contributed by atoms with E-state index in [0.29, 0.717) is 5.13 Å². The SMILES string of the molecule is CC(C)CS(=O)(=O)C(C)(C)C(=O)Nc1nc(C(C)(C)C)cs1. The zero-order valence-corrected chi connectivity index (χ0v) is 16.0. The summed E-state index contributed by atoms with van der Waals surface area (Å²) < 4.78 is 23.3. The van der Waals surface area contributed by atoms with Gasteiger partial charge in [-0.2, -0.15) is 0 Å². The Morgan fingerprint density at radius 3 is 2.23 bits per heavy atom. The molecule has 1 aromatic heterocycles. The zero-order valence-electron chi connectivity index (χ0n) is 14.4. The first-order chi connectivity index (χ1) is 9.77. The van der Waals surface area contributed by atoms with Crippen molar-refractivity contribution in [2.24, 2.45) is 5.92 Å². The molecule has 0 spiro atoms. The third-order valence-corrected chi connectivity index (χ3v) is 6.97. The first kappa shape index (κ1) is 19.1. The van der Waals surface area contributed by atoms with Crippen molar-refractivity contribution >= 4 is 32.2 Å². The van der Waals surface area contributed by atoms with Crippen LogP contribution in [0.2, 0.25) is 0 Å². The number of nitrogens with one attached hydrogen (secondary N) is 1. The van der Waals surface area contributed by atoms with Crippen LogP contribution in [0.25, 0.3) is 0 Å². The van der Waals surface area contributed by atoms with Crippen molar-refractivity contribution in [3.05, 3.63) is 11.1 Å². The predicted molar refractivity (Wildman–Crippen MR) is 92.1 cm³/mol. The highest BCUT2D eigenvalue weighted by Crippen LogP contribution is 2.28. The number of anilines is 1. The molecule has 0 bridgehead atoms. The lowest BCUT2D eigenvalue weighted by molar-refractivity contribution is -0.117. The first-order valence-corrected chi connectivity index (χ1v) is 9.80. The molecule has 0 unspecified atom stereocenters. The van der Waals surface area contributed by atoms with E-state index in [4.69, 9.17) is 0 Å². The number of carbonyl (C=O) groups is 1. The van der Waals surface area contributed by atoms with Gasteiger partial charge in [-0.1, -0.05) is 34.6 Å². The molecule has 0 aliphatic rings. The number of carbonyl (C=O) groups excluding carboxylic acids is 1. The van der Waals surface area contributed by atoms with Gasteiger partial charge >= 0.3 is 0 Å². The number of aromatic nitrogens is 1.